The number of nitrogens with two attached hydrogens (primary N) is 1. The largest absolute Gasteiger partial charge is 0.383 e. The second-order valence-corrected chi connectivity index (χ2v) is 9.82. The van der Waals surface area contributed by atoms with Crippen LogP contribution in [0.15, 0.2) is 48.7 Å². The van der Waals surface area contributed by atoms with Crippen LogP contribution in [0.1, 0.15) is 6.42 Å². The van der Waals surface area contributed by atoms with E-state index in [0.717, 1.165) is 0 Å². The number of fused-ring (bicyclic) bond motifs is 1. The lowest BCUT2D eigenvalue weighted by Crippen LogP contribution is -2.18. The molecule has 0 aliphatic heterocycles. The summed E-state index contributed by atoms with van der Waals surface area (Å²) in [6.45, 7) is 0.376. The normalized spacial score (nSPS) is 11.5. The summed E-state index contributed by atoms with van der Waals surface area (Å²) in [5.74, 6) is -0.159. The Kier molecular flexibility index (Phi) is 8.04. The molecule has 3 aromatic heterocycles. The Morgan fingerprint density at radius 3 is 2.65 bits per heavy atom. The number of anilines is 3. The topological polar surface area (TPSA) is 145 Å². The number of methoxy groups -OCH3 is 1. The maximum atomic E-state index is 15.2. The summed E-state index contributed by atoms with van der Waals surface area (Å²) in [5, 5.41) is 3.12. The van der Waals surface area contributed by atoms with Gasteiger partial charge in [-0.15, -0.1) is 0 Å². The van der Waals surface area contributed by atoms with Gasteiger partial charge in [0.25, 0.3) is 0 Å². The zero-order valence-electron chi connectivity index (χ0n) is 19.9. The first-order valence-electron chi connectivity index (χ1n) is 11.3. The molecule has 37 heavy (non-hydrogen) atoms. The Balaban J connectivity index is 1.62. The molecule has 10 nitrogen and oxygen atoms in total. The Bertz CT molecular complexity index is 1500. The van der Waals surface area contributed by atoms with Crippen LogP contribution in [0, 0.1) is 5.82 Å². The molecule has 0 spiro atoms. The van der Waals surface area contributed by atoms with Gasteiger partial charge in [0.05, 0.1) is 35.9 Å². The van der Waals surface area contributed by atoms with Crippen LogP contribution in [0.3, 0.4) is 0 Å². The highest BCUT2D eigenvalue weighted by molar-refractivity contribution is 7.92. The van der Waals surface area contributed by atoms with Crippen molar-refractivity contribution in [1.82, 2.24) is 19.9 Å². The van der Waals surface area contributed by atoms with Crippen molar-refractivity contribution in [2.24, 2.45) is 0 Å². The van der Waals surface area contributed by atoms with Crippen LogP contribution >= 0.6 is 0 Å². The van der Waals surface area contributed by atoms with Gasteiger partial charge < -0.3 is 15.8 Å². The summed E-state index contributed by atoms with van der Waals surface area (Å²) in [6, 6.07) is 11.0. The fraction of sp³-hybridized carbons (Fsp3) is 0.250. The van der Waals surface area contributed by atoms with Gasteiger partial charge in [0.1, 0.15) is 11.3 Å². The standard InChI is InChI=1S/C24H25F2N7O3S/c1-36-12-11-28-20-9-6-15(14-29-20)24-31-19-8-7-17(30-22(19)23(27)32-24)16-4-2-5-18(21(16)26)33-37(34,35)13-3-10-25/h2,4-9,14,33H,3,10-13H2,1H3,(H,28,29)(H2,27,31,32). The average Bonchev–Trinajstić information content (AvgIpc) is 2.89. The van der Waals surface area contributed by atoms with Gasteiger partial charge in [-0.25, -0.2) is 32.7 Å². The van der Waals surface area contributed by atoms with E-state index in [2.05, 4.69) is 30.0 Å². The first-order valence-corrected chi connectivity index (χ1v) is 13.0. The lowest BCUT2D eigenvalue weighted by Gasteiger charge is -2.12. The molecule has 0 aliphatic rings. The maximum Gasteiger partial charge on any atom is 0.232 e. The van der Waals surface area contributed by atoms with Gasteiger partial charge in [-0.2, -0.15) is 0 Å². The van der Waals surface area contributed by atoms with Crippen LogP contribution in [0.2, 0.25) is 0 Å². The van der Waals surface area contributed by atoms with Crippen molar-refractivity contribution in [1.29, 1.82) is 0 Å². The fourth-order valence-electron chi connectivity index (χ4n) is 3.50. The third-order valence-corrected chi connectivity index (χ3v) is 6.65. The number of rotatable bonds is 11. The number of pyridine rings is 2. The van der Waals surface area contributed by atoms with Gasteiger partial charge >= 0.3 is 0 Å². The minimum absolute atomic E-state index is 0.0526. The number of nitrogens with one attached hydrogen (secondary N) is 2. The van der Waals surface area contributed by atoms with E-state index < -0.39 is 28.3 Å². The van der Waals surface area contributed by atoms with Crippen LogP contribution in [-0.2, 0) is 14.8 Å². The third kappa shape index (κ3) is 6.24. The molecule has 3 heterocycles. The predicted octanol–water partition coefficient (Wildman–Crippen LogP) is 3.63. The van der Waals surface area contributed by atoms with E-state index in [1.54, 1.807) is 37.6 Å². The number of hydrogen-bond donors (Lipinski definition) is 3. The summed E-state index contributed by atoms with van der Waals surface area (Å²) in [5.41, 5.74) is 7.53. The Labute approximate surface area is 212 Å². The number of hydrogen-bond acceptors (Lipinski definition) is 9. The molecular weight excluding hydrogens is 504 g/mol. The van der Waals surface area contributed by atoms with Crippen molar-refractivity contribution in [3.63, 3.8) is 0 Å². The first kappa shape index (κ1) is 26.1. The van der Waals surface area contributed by atoms with E-state index in [1.807, 2.05) is 0 Å². The number of ether oxygens (including phenoxy) is 1. The van der Waals surface area contributed by atoms with Crippen LogP contribution in [0.5, 0.6) is 0 Å². The van der Waals surface area contributed by atoms with Crippen LogP contribution in [0.25, 0.3) is 33.7 Å². The van der Waals surface area contributed by atoms with Gasteiger partial charge in [0, 0.05) is 31.0 Å². The summed E-state index contributed by atoms with van der Waals surface area (Å²) < 4.78 is 58.9. The molecule has 0 amide bonds. The van der Waals surface area contributed by atoms with Crippen LogP contribution in [0.4, 0.5) is 26.1 Å². The van der Waals surface area contributed by atoms with E-state index in [4.69, 9.17) is 10.5 Å². The van der Waals surface area contributed by atoms with Crippen molar-refractivity contribution < 1.29 is 21.9 Å². The molecule has 194 valence electrons. The zero-order chi connectivity index (χ0) is 26.4. The molecule has 4 aromatic rings. The summed E-state index contributed by atoms with van der Waals surface area (Å²) in [7, 11) is -2.29. The lowest BCUT2D eigenvalue weighted by molar-refractivity contribution is 0.210. The molecule has 4 rings (SSSR count). The number of aromatic nitrogens is 4. The van der Waals surface area contributed by atoms with Crippen molar-refractivity contribution in [2.75, 3.05) is 48.5 Å². The molecular formula is C24H25F2N7O3S. The summed E-state index contributed by atoms with van der Waals surface area (Å²) in [4.78, 5) is 17.6. The minimum Gasteiger partial charge on any atom is -0.383 e. The average molecular weight is 530 g/mol. The van der Waals surface area contributed by atoms with E-state index >= 15 is 4.39 Å². The molecule has 0 bridgehead atoms. The van der Waals surface area contributed by atoms with Gasteiger partial charge in [0.15, 0.2) is 17.5 Å². The molecule has 0 aliphatic carbocycles. The molecule has 0 saturated heterocycles. The molecule has 0 saturated carbocycles. The molecule has 13 heteroatoms. The van der Waals surface area contributed by atoms with Gasteiger partial charge in [-0.1, -0.05) is 6.07 Å². The molecule has 0 fully saturated rings. The monoisotopic (exact) mass is 529 g/mol. The van der Waals surface area contributed by atoms with E-state index in [9.17, 15) is 12.8 Å². The third-order valence-electron chi connectivity index (χ3n) is 5.29. The number of nitrogens with zero attached hydrogens (tertiary/aromatic N) is 4. The molecule has 0 atom stereocenters. The number of alkyl halides is 1. The predicted molar refractivity (Wildman–Crippen MR) is 139 cm³/mol. The number of nitrogen functional groups attached to an aromatic ring is 1. The molecule has 0 radical (unpaired) electrons. The highest BCUT2D eigenvalue weighted by Crippen LogP contribution is 2.30. The maximum absolute atomic E-state index is 15.2. The van der Waals surface area contributed by atoms with Crippen molar-refractivity contribution in [3.8, 4) is 22.6 Å². The SMILES string of the molecule is COCCNc1ccc(-c2nc(N)c3nc(-c4cccc(NS(=O)(=O)CCCF)c4F)ccc3n2)cn1. The van der Waals surface area contributed by atoms with Crippen LogP contribution < -0.4 is 15.8 Å². The Hall–Kier alpha value is -3.97. The number of benzene rings is 1. The van der Waals surface area contributed by atoms with Gasteiger partial charge in [-0.05, 0) is 42.8 Å². The molecule has 1 aromatic carbocycles. The quantitative estimate of drug-likeness (QED) is 0.248. The van der Waals surface area contributed by atoms with Crippen molar-refractivity contribution in [3.05, 3.63) is 54.5 Å². The number of halogens is 2. The highest BCUT2D eigenvalue weighted by Gasteiger charge is 2.18. The van der Waals surface area contributed by atoms with Gasteiger partial charge in [0.2, 0.25) is 10.0 Å². The second-order valence-electron chi connectivity index (χ2n) is 7.98. The van der Waals surface area contributed by atoms with Crippen LogP contribution in [-0.4, -0.2) is 61.0 Å². The minimum atomic E-state index is -3.90. The second kappa shape index (κ2) is 11.4. The van der Waals surface area contributed by atoms with E-state index in [1.165, 1.54) is 18.2 Å². The highest BCUT2D eigenvalue weighted by atomic mass is 32.2. The lowest BCUT2D eigenvalue weighted by atomic mass is 10.1. The van der Waals surface area contributed by atoms with Crippen molar-refractivity contribution in [2.45, 2.75) is 6.42 Å². The fourth-order valence-corrected chi connectivity index (χ4v) is 4.58. The Morgan fingerprint density at radius 1 is 1.08 bits per heavy atom. The van der Waals surface area contributed by atoms with E-state index in [0.29, 0.717) is 35.9 Å². The van der Waals surface area contributed by atoms with Crippen molar-refractivity contribution >= 4 is 38.4 Å². The zero-order valence-corrected chi connectivity index (χ0v) is 20.7. The molecule has 4 N–H and O–H groups in total. The molecule has 0 unspecified atom stereocenters. The van der Waals surface area contributed by atoms with Gasteiger partial charge in [-0.3, -0.25) is 9.11 Å². The summed E-state index contributed by atoms with van der Waals surface area (Å²) >= 11 is 0. The number of sulfonamides is 1. The summed E-state index contributed by atoms with van der Waals surface area (Å²) in [6.07, 6.45) is 1.43. The Morgan fingerprint density at radius 2 is 1.92 bits per heavy atom. The smallest absolute Gasteiger partial charge is 0.232 e. The van der Waals surface area contributed by atoms with E-state index in [-0.39, 0.29) is 34.7 Å². The first-order chi connectivity index (χ1) is 17.8.